The molecule has 2 aromatic carbocycles. The minimum Gasteiger partial charge on any atom is -0.496 e. The fourth-order valence-electron chi connectivity index (χ4n) is 4.34. The van der Waals surface area contributed by atoms with Crippen LogP contribution in [-0.4, -0.2) is 62.2 Å². The average Bonchev–Trinajstić information content (AvgIpc) is 2.88. The first-order valence-electron chi connectivity index (χ1n) is 11.1. The first-order valence-corrected chi connectivity index (χ1v) is 11.1. The lowest BCUT2D eigenvalue weighted by Crippen LogP contribution is -2.38. The number of benzene rings is 2. The molecule has 0 radical (unpaired) electrons. The second-order valence-corrected chi connectivity index (χ2v) is 8.33. The van der Waals surface area contributed by atoms with Crippen LogP contribution in [0.25, 0.3) is 11.1 Å². The fourth-order valence-corrected chi connectivity index (χ4v) is 4.34. The van der Waals surface area contributed by atoms with E-state index in [4.69, 9.17) is 14.5 Å². The lowest BCUT2D eigenvalue weighted by molar-refractivity contribution is 0.0712. The van der Waals surface area contributed by atoms with Crippen molar-refractivity contribution in [2.45, 2.75) is 18.8 Å². The van der Waals surface area contributed by atoms with Gasteiger partial charge < -0.3 is 19.3 Å². The minimum absolute atomic E-state index is 0.0809. The number of piperidine rings is 1. The van der Waals surface area contributed by atoms with E-state index in [1.165, 1.54) is 0 Å². The highest BCUT2D eigenvalue weighted by Crippen LogP contribution is 2.43. The zero-order valence-electron chi connectivity index (χ0n) is 19.6. The van der Waals surface area contributed by atoms with Gasteiger partial charge in [0, 0.05) is 50.4 Å². The van der Waals surface area contributed by atoms with Gasteiger partial charge in [-0.05, 0) is 37.1 Å². The first-order chi connectivity index (χ1) is 16.0. The predicted octanol–water partition coefficient (Wildman–Crippen LogP) is 4.25. The van der Waals surface area contributed by atoms with Crippen LogP contribution in [0.15, 0.2) is 54.7 Å². The van der Waals surface area contributed by atoms with Gasteiger partial charge in [0.15, 0.2) is 0 Å². The maximum Gasteiger partial charge on any atom is 0.253 e. The summed E-state index contributed by atoms with van der Waals surface area (Å²) in [6.07, 6.45) is 3.51. The monoisotopic (exact) mass is 446 g/mol. The van der Waals surface area contributed by atoms with Gasteiger partial charge in [0.25, 0.3) is 5.91 Å². The Balaban J connectivity index is 1.67. The summed E-state index contributed by atoms with van der Waals surface area (Å²) in [7, 11) is 7.18. The van der Waals surface area contributed by atoms with Crippen LogP contribution >= 0.6 is 0 Å². The molecule has 3 aromatic rings. The number of aromatic nitrogens is 2. The van der Waals surface area contributed by atoms with E-state index in [1.807, 2.05) is 78.6 Å². The molecule has 172 valence electrons. The Hall–Kier alpha value is -3.61. The van der Waals surface area contributed by atoms with Crippen molar-refractivity contribution in [1.29, 1.82) is 0 Å². The SMILES string of the molecule is COc1cccc(OC)c1-c1cnc(N(C)C)nc1C1CCN(C(=O)c2ccccc2)CC1. The minimum atomic E-state index is 0.0809. The molecule has 7 heteroatoms. The summed E-state index contributed by atoms with van der Waals surface area (Å²) < 4.78 is 11.3. The number of likely N-dealkylation sites (tertiary alicyclic amines) is 1. The Morgan fingerprint density at radius 3 is 2.18 bits per heavy atom. The largest absolute Gasteiger partial charge is 0.496 e. The molecular weight excluding hydrogens is 416 g/mol. The number of carbonyl (C=O) groups excluding carboxylic acids is 1. The third-order valence-corrected chi connectivity index (χ3v) is 6.09. The first kappa shape index (κ1) is 22.6. The highest BCUT2D eigenvalue weighted by Gasteiger charge is 2.29. The summed E-state index contributed by atoms with van der Waals surface area (Å²) in [5.41, 5.74) is 3.45. The maximum absolute atomic E-state index is 12.9. The molecular formula is C26H30N4O3. The fraction of sp³-hybridized carbons (Fsp3) is 0.346. The number of hydrogen-bond donors (Lipinski definition) is 0. The molecule has 0 unspecified atom stereocenters. The third kappa shape index (κ3) is 4.62. The van der Waals surface area contributed by atoms with Crippen LogP contribution in [0.5, 0.6) is 11.5 Å². The van der Waals surface area contributed by atoms with Crippen molar-refractivity contribution < 1.29 is 14.3 Å². The molecule has 0 N–H and O–H groups in total. The second kappa shape index (κ2) is 9.90. The second-order valence-electron chi connectivity index (χ2n) is 8.33. The van der Waals surface area contributed by atoms with E-state index in [9.17, 15) is 4.79 Å². The van der Waals surface area contributed by atoms with Crippen molar-refractivity contribution in [2.75, 3.05) is 46.3 Å². The summed E-state index contributed by atoms with van der Waals surface area (Å²) >= 11 is 0. The molecule has 0 atom stereocenters. The topological polar surface area (TPSA) is 67.8 Å². The molecule has 7 nitrogen and oxygen atoms in total. The average molecular weight is 447 g/mol. The van der Waals surface area contributed by atoms with Gasteiger partial charge in [0.2, 0.25) is 5.95 Å². The molecule has 1 amide bonds. The number of rotatable bonds is 6. The van der Waals surface area contributed by atoms with Crippen molar-refractivity contribution in [3.05, 3.63) is 66.0 Å². The lowest BCUT2D eigenvalue weighted by Gasteiger charge is -2.33. The highest BCUT2D eigenvalue weighted by molar-refractivity contribution is 5.94. The molecule has 4 rings (SSSR count). The van der Waals surface area contributed by atoms with E-state index in [2.05, 4.69) is 4.98 Å². The van der Waals surface area contributed by atoms with Gasteiger partial charge in [-0.2, -0.15) is 0 Å². The van der Waals surface area contributed by atoms with Gasteiger partial charge in [0.05, 0.1) is 25.5 Å². The Kier molecular flexibility index (Phi) is 6.77. The summed E-state index contributed by atoms with van der Waals surface area (Å²) in [6, 6.07) is 15.2. The highest BCUT2D eigenvalue weighted by atomic mass is 16.5. The number of anilines is 1. The number of methoxy groups -OCH3 is 2. The van der Waals surface area contributed by atoms with Crippen LogP contribution < -0.4 is 14.4 Å². The van der Waals surface area contributed by atoms with Gasteiger partial charge >= 0.3 is 0 Å². The van der Waals surface area contributed by atoms with Crippen molar-refractivity contribution in [3.63, 3.8) is 0 Å². The molecule has 1 saturated heterocycles. The molecule has 1 aliphatic heterocycles. The normalized spacial score (nSPS) is 14.1. The Labute approximate surface area is 195 Å². The van der Waals surface area contributed by atoms with Gasteiger partial charge in [-0.3, -0.25) is 4.79 Å². The molecule has 0 spiro atoms. The van der Waals surface area contributed by atoms with Crippen LogP contribution in [-0.2, 0) is 0 Å². The van der Waals surface area contributed by atoms with E-state index in [0.717, 1.165) is 35.2 Å². The molecule has 1 fully saturated rings. The van der Waals surface area contributed by atoms with Crippen LogP contribution in [0.1, 0.15) is 34.8 Å². The van der Waals surface area contributed by atoms with Crippen LogP contribution in [0.2, 0.25) is 0 Å². The van der Waals surface area contributed by atoms with Crippen LogP contribution in [0.4, 0.5) is 5.95 Å². The van der Waals surface area contributed by atoms with Crippen molar-refractivity contribution in [2.24, 2.45) is 0 Å². The summed E-state index contributed by atoms with van der Waals surface area (Å²) in [5, 5.41) is 0. The van der Waals surface area contributed by atoms with E-state index in [0.29, 0.717) is 30.5 Å². The smallest absolute Gasteiger partial charge is 0.253 e. The molecule has 2 heterocycles. The summed E-state index contributed by atoms with van der Waals surface area (Å²) in [6.45, 7) is 1.37. The van der Waals surface area contributed by atoms with Gasteiger partial charge in [-0.15, -0.1) is 0 Å². The van der Waals surface area contributed by atoms with Gasteiger partial charge in [0.1, 0.15) is 11.5 Å². The summed E-state index contributed by atoms with van der Waals surface area (Å²) in [4.78, 5) is 26.3. The lowest BCUT2D eigenvalue weighted by atomic mass is 9.88. The standard InChI is InChI=1S/C26H30N4O3/c1-29(2)26-27-17-20(23-21(32-3)11-8-12-22(23)33-4)24(28-26)18-13-15-30(16-14-18)25(31)19-9-6-5-7-10-19/h5-12,17-18H,13-16H2,1-4H3. The molecule has 1 aromatic heterocycles. The van der Waals surface area contributed by atoms with Crippen molar-refractivity contribution >= 4 is 11.9 Å². The van der Waals surface area contributed by atoms with E-state index in [-0.39, 0.29) is 11.8 Å². The Morgan fingerprint density at radius 2 is 1.61 bits per heavy atom. The molecule has 1 aliphatic rings. The number of nitrogens with zero attached hydrogens (tertiary/aromatic N) is 4. The zero-order chi connectivity index (χ0) is 23.4. The van der Waals surface area contributed by atoms with Crippen LogP contribution in [0.3, 0.4) is 0 Å². The number of hydrogen-bond acceptors (Lipinski definition) is 6. The van der Waals surface area contributed by atoms with E-state index >= 15 is 0 Å². The summed E-state index contributed by atoms with van der Waals surface area (Å²) in [5.74, 6) is 2.36. The molecule has 0 aliphatic carbocycles. The number of ether oxygens (including phenoxy) is 2. The number of amides is 1. The number of carbonyl (C=O) groups is 1. The quantitative estimate of drug-likeness (QED) is 0.564. The third-order valence-electron chi connectivity index (χ3n) is 6.09. The molecule has 33 heavy (non-hydrogen) atoms. The van der Waals surface area contributed by atoms with Crippen molar-refractivity contribution in [3.8, 4) is 22.6 Å². The van der Waals surface area contributed by atoms with E-state index in [1.54, 1.807) is 14.2 Å². The van der Waals surface area contributed by atoms with Crippen LogP contribution in [0, 0.1) is 0 Å². The van der Waals surface area contributed by atoms with Crippen molar-refractivity contribution in [1.82, 2.24) is 14.9 Å². The predicted molar refractivity (Wildman–Crippen MR) is 129 cm³/mol. The van der Waals surface area contributed by atoms with Gasteiger partial charge in [-0.25, -0.2) is 9.97 Å². The Morgan fingerprint density at radius 1 is 0.970 bits per heavy atom. The van der Waals surface area contributed by atoms with Gasteiger partial charge in [-0.1, -0.05) is 24.3 Å². The zero-order valence-corrected chi connectivity index (χ0v) is 19.6. The Bertz CT molecular complexity index is 1090. The molecule has 0 saturated carbocycles. The maximum atomic E-state index is 12.9. The van der Waals surface area contributed by atoms with E-state index < -0.39 is 0 Å². The molecule has 0 bridgehead atoms.